The molecule has 0 radical (unpaired) electrons. The van der Waals surface area contributed by atoms with Crippen LogP contribution < -0.4 is 5.73 Å². The monoisotopic (exact) mass is 187 g/mol. The lowest BCUT2D eigenvalue weighted by Gasteiger charge is -2.09. The van der Waals surface area contributed by atoms with E-state index in [1.165, 1.54) is 6.07 Å². The minimum atomic E-state index is -2.66. The van der Waals surface area contributed by atoms with Crippen LogP contribution in [0.25, 0.3) is 0 Å². The van der Waals surface area contributed by atoms with Gasteiger partial charge in [0, 0.05) is 12.1 Å². The molecule has 0 saturated heterocycles. The minimum Gasteiger partial charge on any atom is -0.507 e. The maximum atomic E-state index is 12.3. The first-order valence-corrected chi connectivity index (χ1v) is 3.87. The number of nitrogens with two attached hydrogens (primary N) is 1. The second kappa shape index (κ2) is 3.70. The molecule has 3 N–H and O–H groups in total. The molecule has 0 saturated carbocycles. The molecule has 0 aliphatic rings. The number of aromatic hydroxyl groups is 1. The van der Waals surface area contributed by atoms with Crippen molar-refractivity contribution in [3.63, 3.8) is 0 Å². The molecule has 72 valence electrons. The summed E-state index contributed by atoms with van der Waals surface area (Å²) in [6.45, 7) is 1.75. The highest BCUT2D eigenvalue weighted by molar-refractivity contribution is 5.43. The zero-order valence-electron chi connectivity index (χ0n) is 7.22. The van der Waals surface area contributed by atoms with Crippen LogP contribution in [0.2, 0.25) is 0 Å². The average Bonchev–Trinajstić information content (AvgIpc) is 2.08. The highest BCUT2D eigenvalue weighted by Gasteiger charge is 2.15. The van der Waals surface area contributed by atoms with Crippen molar-refractivity contribution in [1.29, 1.82) is 0 Å². The molecule has 0 atom stereocenters. The summed E-state index contributed by atoms with van der Waals surface area (Å²) in [5.74, 6) is -0.386. The zero-order valence-corrected chi connectivity index (χ0v) is 7.22. The summed E-state index contributed by atoms with van der Waals surface area (Å²) in [7, 11) is 0. The van der Waals surface area contributed by atoms with Gasteiger partial charge in [0.25, 0.3) is 6.43 Å². The lowest BCUT2D eigenvalue weighted by Crippen LogP contribution is -2.00. The van der Waals surface area contributed by atoms with Gasteiger partial charge in [0.05, 0.1) is 5.56 Å². The summed E-state index contributed by atoms with van der Waals surface area (Å²) in [4.78, 5) is 0. The summed E-state index contributed by atoms with van der Waals surface area (Å²) in [5.41, 5.74) is 5.97. The van der Waals surface area contributed by atoms with Crippen molar-refractivity contribution in [2.24, 2.45) is 5.73 Å². The van der Waals surface area contributed by atoms with Gasteiger partial charge >= 0.3 is 0 Å². The number of hydrogen-bond acceptors (Lipinski definition) is 2. The molecule has 0 spiro atoms. The Bertz CT molecular complexity index is 313. The Labute approximate surface area is 75.0 Å². The SMILES string of the molecule is Cc1cc(CN)c(O)c(C(F)F)c1. The van der Waals surface area contributed by atoms with Gasteiger partial charge < -0.3 is 10.8 Å². The van der Waals surface area contributed by atoms with E-state index in [2.05, 4.69) is 0 Å². The van der Waals surface area contributed by atoms with Gasteiger partial charge in [0.15, 0.2) is 0 Å². The molecule has 0 bridgehead atoms. The second-order valence-corrected chi connectivity index (χ2v) is 2.87. The molecule has 4 heteroatoms. The maximum absolute atomic E-state index is 12.3. The number of alkyl halides is 2. The Kier molecular flexibility index (Phi) is 2.83. The summed E-state index contributed by atoms with van der Waals surface area (Å²) < 4.78 is 24.6. The van der Waals surface area contributed by atoms with Crippen LogP contribution in [0.3, 0.4) is 0 Å². The van der Waals surface area contributed by atoms with Crippen LogP contribution >= 0.6 is 0 Å². The van der Waals surface area contributed by atoms with Crippen molar-refractivity contribution < 1.29 is 13.9 Å². The predicted octanol–water partition coefficient (Wildman–Crippen LogP) is 2.10. The van der Waals surface area contributed by atoms with Gasteiger partial charge in [-0.2, -0.15) is 0 Å². The third-order valence-electron chi connectivity index (χ3n) is 1.82. The molecule has 0 heterocycles. The Morgan fingerprint density at radius 1 is 1.46 bits per heavy atom. The molecule has 0 amide bonds. The quantitative estimate of drug-likeness (QED) is 0.744. The van der Waals surface area contributed by atoms with Crippen molar-refractivity contribution in [2.45, 2.75) is 19.9 Å². The number of phenols is 1. The van der Waals surface area contributed by atoms with Crippen molar-refractivity contribution in [2.75, 3.05) is 0 Å². The van der Waals surface area contributed by atoms with E-state index in [1.54, 1.807) is 13.0 Å². The molecule has 0 aromatic heterocycles. The van der Waals surface area contributed by atoms with E-state index in [1.807, 2.05) is 0 Å². The summed E-state index contributed by atoms with van der Waals surface area (Å²) in [5, 5.41) is 9.32. The Morgan fingerprint density at radius 3 is 2.54 bits per heavy atom. The summed E-state index contributed by atoms with van der Waals surface area (Å²) >= 11 is 0. The third-order valence-corrected chi connectivity index (χ3v) is 1.82. The number of halogens is 2. The molecular weight excluding hydrogens is 176 g/mol. The van der Waals surface area contributed by atoms with Crippen LogP contribution in [-0.2, 0) is 6.54 Å². The second-order valence-electron chi connectivity index (χ2n) is 2.87. The normalized spacial score (nSPS) is 10.8. The van der Waals surface area contributed by atoms with E-state index < -0.39 is 6.43 Å². The van der Waals surface area contributed by atoms with Crippen LogP contribution in [-0.4, -0.2) is 5.11 Å². The van der Waals surface area contributed by atoms with Gasteiger partial charge in [0.2, 0.25) is 0 Å². The molecule has 0 aliphatic carbocycles. The number of hydrogen-bond donors (Lipinski definition) is 2. The van der Waals surface area contributed by atoms with Crippen LogP contribution in [0.1, 0.15) is 23.1 Å². The number of aryl methyl sites for hydroxylation is 1. The van der Waals surface area contributed by atoms with E-state index in [9.17, 15) is 13.9 Å². The predicted molar refractivity (Wildman–Crippen MR) is 45.7 cm³/mol. The van der Waals surface area contributed by atoms with Gasteiger partial charge in [-0.1, -0.05) is 11.6 Å². The lowest BCUT2D eigenvalue weighted by molar-refractivity contribution is 0.147. The first-order valence-electron chi connectivity index (χ1n) is 3.87. The molecule has 1 aromatic rings. The van der Waals surface area contributed by atoms with Crippen LogP contribution in [0.5, 0.6) is 5.75 Å². The Hall–Kier alpha value is -1.16. The highest BCUT2D eigenvalue weighted by Crippen LogP contribution is 2.31. The van der Waals surface area contributed by atoms with Gasteiger partial charge in [-0.05, 0) is 13.0 Å². The van der Waals surface area contributed by atoms with E-state index >= 15 is 0 Å². The van der Waals surface area contributed by atoms with E-state index in [4.69, 9.17) is 5.73 Å². The van der Waals surface area contributed by atoms with Crippen LogP contribution in [0.4, 0.5) is 8.78 Å². The van der Waals surface area contributed by atoms with Crippen molar-refractivity contribution in [3.8, 4) is 5.75 Å². The fourth-order valence-corrected chi connectivity index (χ4v) is 1.21. The molecule has 1 rings (SSSR count). The van der Waals surface area contributed by atoms with Crippen molar-refractivity contribution in [1.82, 2.24) is 0 Å². The molecule has 2 nitrogen and oxygen atoms in total. The van der Waals surface area contributed by atoms with Gasteiger partial charge in [-0.3, -0.25) is 0 Å². The molecule has 13 heavy (non-hydrogen) atoms. The van der Waals surface area contributed by atoms with Gasteiger partial charge in [-0.15, -0.1) is 0 Å². The van der Waals surface area contributed by atoms with Gasteiger partial charge in [0.1, 0.15) is 5.75 Å². The highest BCUT2D eigenvalue weighted by atomic mass is 19.3. The molecule has 0 unspecified atom stereocenters. The number of phenolic OH excluding ortho intramolecular Hbond substituents is 1. The largest absolute Gasteiger partial charge is 0.507 e. The Balaban J connectivity index is 3.27. The van der Waals surface area contributed by atoms with Crippen molar-refractivity contribution in [3.05, 3.63) is 28.8 Å². The van der Waals surface area contributed by atoms with Crippen molar-refractivity contribution >= 4 is 0 Å². The maximum Gasteiger partial charge on any atom is 0.267 e. The molecular formula is C9H11F2NO. The molecule has 1 aromatic carbocycles. The average molecular weight is 187 g/mol. The molecule has 0 fully saturated rings. The van der Waals surface area contributed by atoms with Crippen LogP contribution in [0, 0.1) is 6.92 Å². The topological polar surface area (TPSA) is 46.2 Å². The number of rotatable bonds is 2. The first-order chi connectivity index (χ1) is 6.06. The molecule has 0 aliphatic heterocycles. The zero-order chi connectivity index (χ0) is 10.0. The van der Waals surface area contributed by atoms with Gasteiger partial charge in [-0.25, -0.2) is 8.78 Å². The Morgan fingerprint density at radius 2 is 2.08 bits per heavy atom. The first kappa shape index (κ1) is 9.92. The summed E-state index contributed by atoms with van der Waals surface area (Å²) in [6, 6.07) is 2.86. The third kappa shape index (κ3) is 1.95. The van der Waals surface area contributed by atoms with E-state index in [-0.39, 0.29) is 17.9 Å². The number of benzene rings is 1. The standard InChI is InChI=1S/C9H11F2NO/c1-5-2-6(4-12)8(13)7(3-5)9(10)11/h2-3,9,13H,4,12H2,1H3. The minimum absolute atomic E-state index is 0.0627. The lowest BCUT2D eigenvalue weighted by atomic mass is 10.1. The fraction of sp³-hybridized carbons (Fsp3) is 0.333. The van der Waals surface area contributed by atoms with Crippen LogP contribution in [0.15, 0.2) is 12.1 Å². The van der Waals surface area contributed by atoms with E-state index in [0.29, 0.717) is 11.1 Å². The van der Waals surface area contributed by atoms with E-state index in [0.717, 1.165) is 0 Å². The fourth-order valence-electron chi connectivity index (χ4n) is 1.21. The summed E-state index contributed by atoms with van der Waals surface area (Å²) in [6.07, 6.45) is -2.66. The smallest absolute Gasteiger partial charge is 0.267 e.